The van der Waals surface area contributed by atoms with Gasteiger partial charge in [-0.15, -0.1) is 0 Å². The average Bonchev–Trinajstić information content (AvgIpc) is 2.65. The molecule has 29 heavy (non-hydrogen) atoms. The molecule has 0 aliphatic rings. The van der Waals surface area contributed by atoms with Crippen LogP contribution in [0.3, 0.4) is 0 Å². The van der Waals surface area contributed by atoms with E-state index in [0.29, 0.717) is 0 Å². The van der Waals surface area contributed by atoms with E-state index in [9.17, 15) is 35.9 Å². The van der Waals surface area contributed by atoms with Gasteiger partial charge < -0.3 is 10.1 Å². The highest BCUT2D eigenvalue weighted by atomic mass is 19.4. The van der Waals surface area contributed by atoms with Crippen LogP contribution < -0.4 is 5.32 Å². The standard InChI is InChI=1S/C19H15F6NO3/c20-18(21,22)11-29-17(28)26-15(12-7-3-1-4-8-12)14(19(23,24)25)16(27)13-9-5-2-6-10-13/h1-10,14-15H,11H2,(H,26,28). The van der Waals surface area contributed by atoms with Crippen molar-refractivity contribution in [3.05, 3.63) is 71.8 Å². The number of hydrogen-bond donors (Lipinski definition) is 1. The Morgan fingerprint density at radius 3 is 1.86 bits per heavy atom. The molecule has 2 unspecified atom stereocenters. The molecule has 0 aliphatic heterocycles. The van der Waals surface area contributed by atoms with Crippen LogP contribution >= 0.6 is 0 Å². The number of ketones is 1. The van der Waals surface area contributed by atoms with Crippen LogP contribution in [0, 0.1) is 5.92 Å². The van der Waals surface area contributed by atoms with Crippen LogP contribution in [0.25, 0.3) is 0 Å². The van der Waals surface area contributed by atoms with Gasteiger partial charge in [-0.05, 0) is 5.56 Å². The zero-order chi connectivity index (χ0) is 21.7. The number of ether oxygens (including phenoxy) is 1. The maximum Gasteiger partial charge on any atom is 0.422 e. The molecule has 2 rings (SSSR count). The Hall–Kier alpha value is -3.04. The zero-order valence-electron chi connectivity index (χ0n) is 14.6. The highest BCUT2D eigenvalue weighted by Crippen LogP contribution is 2.38. The van der Waals surface area contributed by atoms with Crippen molar-refractivity contribution >= 4 is 11.9 Å². The predicted molar refractivity (Wildman–Crippen MR) is 90.0 cm³/mol. The van der Waals surface area contributed by atoms with Crippen molar-refractivity contribution in [2.75, 3.05) is 6.61 Å². The highest BCUT2D eigenvalue weighted by Gasteiger charge is 2.51. The first kappa shape index (κ1) is 22.3. The molecule has 0 aliphatic carbocycles. The van der Waals surface area contributed by atoms with E-state index < -0.39 is 42.8 Å². The molecule has 4 nitrogen and oxygen atoms in total. The van der Waals surface area contributed by atoms with Crippen molar-refractivity contribution < 1.29 is 40.7 Å². The summed E-state index contributed by atoms with van der Waals surface area (Å²) in [5, 5.41) is 1.76. The van der Waals surface area contributed by atoms with Crippen LogP contribution in [0.4, 0.5) is 31.1 Å². The van der Waals surface area contributed by atoms with Gasteiger partial charge in [-0.1, -0.05) is 60.7 Å². The number of amides is 1. The summed E-state index contributed by atoms with van der Waals surface area (Å²) in [5.41, 5.74) is -0.385. The van der Waals surface area contributed by atoms with Crippen molar-refractivity contribution in [3.63, 3.8) is 0 Å². The number of carbonyl (C=O) groups is 2. The van der Waals surface area contributed by atoms with Gasteiger partial charge in [0, 0.05) is 5.56 Å². The van der Waals surface area contributed by atoms with E-state index in [0.717, 1.165) is 0 Å². The molecule has 0 radical (unpaired) electrons. The fraction of sp³-hybridized carbons (Fsp3) is 0.263. The smallest absolute Gasteiger partial charge is 0.422 e. The van der Waals surface area contributed by atoms with Gasteiger partial charge in [0.1, 0.15) is 5.92 Å². The molecular formula is C19H15F6NO3. The number of Topliss-reactive ketones (excluding diaryl/α,β-unsaturated/α-hetero) is 1. The molecule has 2 aromatic rings. The third-order valence-corrected chi connectivity index (χ3v) is 3.83. The molecule has 1 N–H and O–H groups in total. The Balaban J connectivity index is 2.40. The van der Waals surface area contributed by atoms with E-state index in [1.165, 1.54) is 60.7 Å². The number of alkyl carbamates (subject to hydrolysis) is 1. The van der Waals surface area contributed by atoms with Gasteiger partial charge in [0.2, 0.25) is 0 Å². The van der Waals surface area contributed by atoms with E-state index in [4.69, 9.17) is 0 Å². The monoisotopic (exact) mass is 419 g/mol. The Labute approximate surface area is 161 Å². The molecule has 156 valence electrons. The van der Waals surface area contributed by atoms with Crippen LogP contribution in [-0.2, 0) is 4.74 Å². The fourth-order valence-corrected chi connectivity index (χ4v) is 2.61. The molecule has 2 atom stereocenters. The molecule has 2 aromatic carbocycles. The minimum atomic E-state index is -5.11. The molecule has 0 saturated carbocycles. The summed E-state index contributed by atoms with van der Waals surface area (Å²) < 4.78 is 82.1. The summed E-state index contributed by atoms with van der Waals surface area (Å²) in [6.07, 6.45) is -11.7. The number of alkyl halides is 6. The van der Waals surface area contributed by atoms with Crippen LogP contribution in [0.15, 0.2) is 60.7 Å². The predicted octanol–water partition coefficient (Wildman–Crippen LogP) is 5.08. The van der Waals surface area contributed by atoms with Gasteiger partial charge in [0.15, 0.2) is 12.4 Å². The second-order valence-corrected chi connectivity index (χ2v) is 5.97. The van der Waals surface area contributed by atoms with Gasteiger partial charge in [0.05, 0.1) is 6.04 Å². The van der Waals surface area contributed by atoms with Gasteiger partial charge in [-0.2, -0.15) is 26.3 Å². The Kier molecular flexibility index (Phi) is 6.89. The van der Waals surface area contributed by atoms with Crippen LogP contribution in [0.5, 0.6) is 0 Å². The van der Waals surface area contributed by atoms with E-state index >= 15 is 0 Å². The molecule has 10 heteroatoms. The van der Waals surface area contributed by atoms with E-state index in [2.05, 4.69) is 4.74 Å². The van der Waals surface area contributed by atoms with Crippen molar-refractivity contribution in [2.24, 2.45) is 5.92 Å². The van der Waals surface area contributed by atoms with E-state index in [1.54, 1.807) is 5.32 Å². The molecule has 0 fully saturated rings. The summed E-state index contributed by atoms with van der Waals surface area (Å²) in [7, 11) is 0. The van der Waals surface area contributed by atoms with Gasteiger partial charge in [-0.25, -0.2) is 4.79 Å². The zero-order valence-corrected chi connectivity index (χ0v) is 14.6. The summed E-state index contributed by atoms with van der Waals surface area (Å²) in [6, 6.07) is 11.2. The Morgan fingerprint density at radius 1 is 0.862 bits per heavy atom. The number of carbonyl (C=O) groups excluding carboxylic acids is 2. The van der Waals surface area contributed by atoms with Gasteiger partial charge in [-0.3, -0.25) is 4.79 Å². The number of nitrogens with one attached hydrogen (secondary N) is 1. The molecule has 0 aromatic heterocycles. The third kappa shape index (κ3) is 6.51. The molecular weight excluding hydrogens is 404 g/mol. The van der Waals surface area contributed by atoms with Crippen molar-refractivity contribution in [1.29, 1.82) is 0 Å². The second kappa shape index (κ2) is 8.97. The van der Waals surface area contributed by atoms with E-state index in [1.807, 2.05) is 0 Å². The van der Waals surface area contributed by atoms with Crippen LogP contribution in [0.1, 0.15) is 22.0 Å². The minimum Gasteiger partial charge on any atom is -0.440 e. The first-order chi connectivity index (χ1) is 13.5. The first-order valence-corrected chi connectivity index (χ1v) is 8.20. The lowest BCUT2D eigenvalue weighted by molar-refractivity contribution is -0.170. The second-order valence-electron chi connectivity index (χ2n) is 5.97. The minimum absolute atomic E-state index is 0.122. The van der Waals surface area contributed by atoms with Crippen LogP contribution in [-0.4, -0.2) is 30.8 Å². The summed E-state index contributed by atoms with van der Waals surface area (Å²) >= 11 is 0. The highest BCUT2D eigenvalue weighted by molar-refractivity contribution is 5.99. The van der Waals surface area contributed by atoms with Crippen molar-refractivity contribution in [1.82, 2.24) is 5.32 Å². The molecule has 0 bridgehead atoms. The third-order valence-electron chi connectivity index (χ3n) is 3.83. The molecule has 0 saturated heterocycles. The lowest BCUT2D eigenvalue weighted by Crippen LogP contribution is -2.44. The first-order valence-electron chi connectivity index (χ1n) is 8.20. The van der Waals surface area contributed by atoms with Gasteiger partial charge >= 0.3 is 18.4 Å². The van der Waals surface area contributed by atoms with Crippen LogP contribution in [0.2, 0.25) is 0 Å². The summed E-state index contributed by atoms with van der Waals surface area (Å²) in [6.45, 7) is -1.98. The maximum absolute atomic E-state index is 13.8. The number of halogens is 6. The molecule has 0 spiro atoms. The lowest BCUT2D eigenvalue weighted by Gasteiger charge is -2.29. The topological polar surface area (TPSA) is 55.4 Å². The normalized spacial score (nSPS) is 14.0. The summed E-state index contributed by atoms with van der Waals surface area (Å²) in [5.74, 6) is -4.09. The average molecular weight is 419 g/mol. The SMILES string of the molecule is O=C(NC(c1ccccc1)C(C(=O)c1ccccc1)C(F)(F)F)OCC(F)(F)F. The lowest BCUT2D eigenvalue weighted by atomic mass is 9.86. The van der Waals surface area contributed by atoms with Crippen molar-refractivity contribution in [3.8, 4) is 0 Å². The molecule has 0 heterocycles. The maximum atomic E-state index is 13.8. The fourth-order valence-electron chi connectivity index (χ4n) is 2.61. The molecule has 1 amide bonds. The number of hydrogen-bond acceptors (Lipinski definition) is 3. The largest absolute Gasteiger partial charge is 0.440 e. The quantitative estimate of drug-likeness (QED) is 0.525. The Morgan fingerprint density at radius 2 is 1.38 bits per heavy atom. The number of rotatable bonds is 6. The van der Waals surface area contributed by atoms with E-state index in [-0.39, 0.29) is 11.1 Å². The Bertz CT molecular complexity index is 821. The van der Waals surface area contributed by atoms with Crippen molar-refractivity contribution in [2.45, 2.75) is 18.4 Å². The number of benzene rings is 2. The van der Waals surface area contributed by atoms with Gasteiger partial charge in [0.25, 0.3) is 0 Å². The summed E-state index contributed by atoms with van der Waals surface area (Å²) in [4.78, 5) is 24.4.